The third-order valence-corrected chi connectivity index (χ3v) is 6.20. The summed E-state index contributed by atoms with van der Waals surface area (Å²) in [6, 6.07) is 17.8. The Morgan fingerprint density at radius 1 is 0.971 bits per heavy atom. The van der Waals surface area contributed by atoms with Gasteiger partial charge in [-0.25, -0.2) is 8.78 Å². The molecule has 6 heteroatoms. The molecule has 3 aromatic rings. The van der Waals surface area contributed by atoms with Crippen molar-refractivity contribution in [3.63, 3.8) is 0 Å². The quantitative estimate of drug-likeness (QED) is 0.280. The molecule has 3 aromatic carbocycles. The highest BCUT2D eigenvalue weighted by Crippen LogP contribution is 2.31. The fourth-order valence-corrected chi connectivity index (χ4v) is 4.12. The first-order valence-corrected chi connectivity index (χ1v) is 12.0. The van der Waals surface area contributed by atoms with Crippen LogP contribution in [0.15, 0.2) is 60.7 Å². The van der Waals surface area contributed by atoms with Crippen LogP contribution in [-0.4, -0.2) is 24.2 Å². The lowest BCUT2D eigenvalue weighted by Gasteiger charge is -2.20. The van der Waals surface area contributed by atoms with E-state index in [2.05, 4.69) is 11.4 Å². The average Bonchev–Trinajstić information content (AvgIpc) is 2.82. The Morgan fingerprint density at radius 2 is 1.66 bits per heavy atom. The maximum atomic E-state index is 14.6. The molecule has 0 aromatic heterocycles. The van der Waals surface area contributed by atoms with Gasteiger partial charge in [-0.3, -0.25) is 4.79 Å². The maximum absolute atomic E-state index is 14.6. The molecule has 4 nitrogen and oxygen atoms in total. The van der Waals surface area contributed by atoms with Crippen LogP contribution in [-0.2, 0) is 17.8 Å². The van der Waals surface area contributed by atoms with E-state index in [-0.39, 0.29) is 17.9 Å². The van der Waals surface area contributed by atoms with E-state index in [1.54, 1.807) is 0 Å². The summed E-state index contributed by atoms with van der Waals surface area (Å²) in [5.41, 5.74) is 4.60. The van der Waals surface area contributed by atoms with Gasteiger partial charge < -0.3 is 15.2 Å². The van der Waals surface area contributed by atoms with Gasteiger partial charge in [0, 0.05) is 18.7 Å². The number of aliphatic carboxylic acids is 1. The van der Waals surface area contributed by atoms with E-state index in [0.29, 0.717) is 39.0 Å². The van der Waals surface area contributed by atoms with Gasteiger partial charge >= 0.3 is 5.97 Å². The Bertz CT molecular complexity index is 1100. The number of carboxylic acids is 1. The zero-order valence-electron chi connectivity index (χ0n) is 20.3. The summed E-state index contributed by atoms with van der Waals surface area (Å²) < 4.78 is 35.1. The molecule has 0 saturated carbocycles. The van der Waals surface area contributed by atoms with Crippen molar-refractivity contribution in [3.8, 4) is 5.75 Å². The van der Waals surface area contributed by atoms with Crippen LogP contribution in [0.3, 0.4) is 0 Å². The summed E-state index contributed by atoms with van der Waals surface area (Å²) in [6.07, 6.45) is 1.89. The van der Waals surface area contributed by atoms with Crippen LogP contribution in [0.4, 0.5) is 8.78 Å². The van der Waals surface area contributed by atoms with Crippen molar-refractivity contribution in [3.05, 3.63) is 100 Å². The Labute approximate surface area is 206 Å². The Hall–Kier alpha value is -3.25. The summed E-state index contributed by atoms with van der Waals surface area (Å²) in [5.74, 6) is -1.40. The number of hydrogen-bond acceptors (Lipinski definition) is 3. The molecule has 0 saturated heterocycles. The molecule has 2 N–H and O–H groups in total. The van der Waals surface area contributed by atoms with Crippen LogP contribution in [0.25, 0.3) is 0 Å². The van der Waals surface area contributed by atoms with Crippen molar-refractivity contribution in [2.45, 2.75) is 52.0 Å². The summed E-state index contributed by atoms with van der Waals surface area (Å²) in [4.78, 5) is 10.6. The highest BCUT2D eigenvalue weighted by Gasteiger charge is 2.21. The summed E-state index contributed by atoms with van der Waals surface area (Å²) in [7, 11) is 0. The molecule has 3 rings (SSSR count). The van der Waals surface area contributed by atoms with Crippen LogP contribution in [0.1, 0.15) is 53.0 Å². The number of aryl methyl sites for hydroxylation is 2. The minimum atomic E-state index is -0.824. The summed E-state index contributed by atoms with van der Waals surface area (Å²) in [5, 5.41) is 11.8. The van der Waals surface area contributed by atoms with Crippen molar-refractivity contribution >= 4 is 5.97 Å². The average molecular weight is 482 g/mol. The Kier molecular flexibility index (Phi) is 9.79. The SMILES string of the molecule is Cc1ccc(CC(CCCOc2ccc(CNCCC(=O)O)cc2)c2c(F)cccc2F)cc1C. The maximum Gasteiger partial charge on any atom is 0.304 e. The lowest BCUT2D eigenvalue weighted by atomic mass is 9.87. The minimum absolute atomic E-state index is 0.0858. The van der Waals surface area contributed by atoms with Gasteiger partial charge in [-0.05, 0) is 85.5 Å². The topological polar surface area (TPSA) is 58.6 Å². The normalized spacial score (nSPS) is 11.9. The van der Waals surface area contributed by atoms with Crippen LogP contribution in [0.5, 0.6) is 5.75 Å². The molecule has 186 valence electrons. The number of nitrogens with one attached hydrogen (secondary N) is 1. The summed E-state index contributed by atoms with van der Waals surface area (Å²) >= 11 is 0. The first-order chi connectivity index (χ1) is 16.8. The van der Waals surface area contributed by atoms with Crippen molar-refractivity contribution < 1.29 is 23.4 Å². The number of carbonyl (C=O) groups is 1. The van der Waals surface area contributed by atoms with E-state index < -0.39 is 17.6 Å². The highest BCUT2D eigenvalue weighted by atomic mass is 19.1. The molecule has 0 spiro atoms. The molecule has 0 aliphatic rings. The minimum Gasteiger partial charge on any atom is -0.494 e. The smallest absolute Gasteiger partial charge is 0.304 e. The van der Waals surface area contributed by atoms with Crippen LogP contribution in [0.2, 0.25) is 0 Å². The molecule has 0 aliphatic carbocycles. The van der Waals surface area contributed by atoms with Gasteiger partial charge in [0.15, 0.2) is 0 Å². The van der Waals surface area contributed by atoms with Gasteiger partial charge in [0.2, 0.25) is 0 Å². The molecule has 0 bridgehead atoms. The molecule has 0 radical (unpaired) electrons. The largest absolute Gasteiger partial charge is 0.494 e. The second kappa shape index (κ2) is 13.0. The first kappa shape index (κ1) is 26.4. The number of benzene rings is 3. The fraction of sp³-hybridized carbons (Fsp3) is 0.345. The molecule has 1 atom stereocenters. The van der Waals surface area contributed by atoms with Gasteiger partial charge in [-0.2, -0.15) is 0 Å². The molecular formula is C29H33F2NO3. The molecule has 1 unspecified atom stereocenters. The van der Waals surface area contributed by atoms with Crippen molar-refractivity contribution in [1.29, 1.82) is 0 Å². The predicted octanol–water partition coefficient (Wildman–Crippen LogP) is 6.33. The van der Waals surface area contributed by atoms with Crippen LogP contribution < -0.4 is 10.1 Å². The van der Waals surface area contributed by atoms with Crippen LogP contribution >= 0.6 is 0 Å². The van der Waals surface area contributed by atoms with E-state index in [9.17, 15) is 13.6 Å². The zero-order chi connectivity index (χ0) is 25.2. The lowest BCUT2D eigenvalue weighted by Crippen LogP contribution is -2.17. The highest BCUT2D eigenvalue weighted by molar-refractivity contribution is 5.66. The third kappa shape index (κ3) is 8.18. The second-order valence-electron chi connectivity index (χ2n) is 8.91. The zero-order valence-corrected chi connectivity index (χ0v) is 20.3. The number of carboxylic acid groups (broad SMARTS) is 1. The van der Waals surface area contributed by atoms with Crippen LogP contribution in [0, 0.1) is 25.5 Å². The monoisotopic (exact) mass is 481 g/mol. The fourth-order valence-electron chi connectivity index (χ4n) is 4.12. The third-order valence-electron chi connectivity index (χ3n) is 6.20. The van der Waals surface area contributed by atoms with E-state index in [0.717, 1.165) is 16.9 Å². The van der Waals surface area contributed by atoms with Gasteiger partial charge in [-0.15, -0.1) is 0 Å². The molecule has 35 heavy (non-hydrogen) atoms. The standard InChI is InChI=1S/C29H33F2NO3/c1-20-8-9-23(17-21(20)2)18-24(29-26(30)6-3-7-27(29)31)5-4-16-35-25-12-10-22(11-13-25)19-32-15-14-28(33)34/h3,6-13,17,24,32H,4-5,14-16,18-19H2,1-2H3,(H,33,34). The molecule has 0 amide bonds. The molecule has 0 fully saturated rings. The van der Waals surface area contributed by atoms with E-state index in [1.165, 1.54) is 29.3 Å². The van der Waals surface area contributed by atoms with Crippen molar-refractivity contribution in [2.24, 2.45) is 0 Å². The van der Waals surface area contributed by atoms with E-state index in [1.807, 2.05) is 50.2 Å². The van der Waals surface area contributed by atoms with E-state index >= 15 is 0 Å². The number of hydrogen-bond donors (Lipinski definition) is 2. The van der Waals surface area contributed by atoms with Crippen molar-refractivity contribution in [2.75, 3.05) is 13.2 Å². The van der Waals surface area contributed by atoms with Gasteiger partial charge in [-0.1, -0.05) is 36.4 Å². The first-order valence-electron chi connectivity index (χ1n) is 12.0. The van der Waals surface area contributed by atoms with Gasteiger partial charge in [0.1, 0.15) is 17.4 Å². The predicted molar refractivity (Wildman–Crippen MR) is 134 cm³/mol. The Balaban J connectivity index is 1.56. The number of ether oxygens (including phenoxy) is 1. The molecule has 0 heterocycles. The summed E-state index contributed by atoms with van der Waals surface area (Å²) in [6.45, 7) is 5.53. The van der Waals surface area contributed by atoms with Crippen molar-refractivity contribution in [1.82, 2.24) is 5.32 Å². The van der Waals surface area contributed by atoms with Gasteiger partial charge in [0.25, 0.3) is 0 Å². The van der Waals surface area contributed by atoms with Gasteiger partial charge in [0.05, 0.1) is 13.0 Å². The number of rotatable bonds is 13. The lowest BCUT2D eigenvalue weighted by molar-refractivity contribution is -0.136. The second-order valence-corrected chi connectivity index (χ2v) is 8.91. The molecule has 0 aliphatic heterocycles. The molecular weight excluding hydrogens is 448 g/mol. The van der Waals surface area contributed by atoms with E-state index in [4.69, 9.17) is 9.84 Å². The number of halogens is 2. The Morgan fingerprint density at radius 3 is 2.31 bits per heavy atom.